The number of benzene rings is 1. The molecule has 0 heterocycles. The Balaban J connectivity index is 2.68. The standard InChI is InChI=1S/C12H18O3/c1-9(13)8-15-10(2)11-6-4-5-7-12(11)14-3/h4-7,9-10,13H,8H2,1-3H3. The van der Waals surface area contributed by atoms with E-state index < -0.39 is 6.10 Å². The minimum Gasteiger partial charge on any atom is -0.496 e. The zero-order chi connectivity index (χ0) is 11.3. The summed E-state index contributed by atoms with van der Waals surface area (Å²) in [4.78, 5) is 0. The molecular formula is C12H18O3. The minimum absolute atomic E-state index is 0.0734. The highest BCUT2D eigenvalue weighted by molar-refractivity contribution is 5.34. The largest absolute Gasteiger partial charge is 0.496 e. The van der Waals surface area contributed by atoms with Crippen molar-refractivity contribution in [2.24, 2.45) is 0 Å². The Kier molecular flexibility index (Phi) is 4.59. The molecule has 84 valence electrons. The SMILES string of the molecule is COc1ccccc1C(C)OCC(C)O. The Morgan fingerprint density at radius 3 is 2.53 bits per heavy atom. The van der Waals surface area contributed by atoms with E-state index in [1.165, 1.54) is 0 Å². The van der Waals surface area contributed by atoms with Gasteiger partial charge < -0.3 is 14.6 Å². The molecule has 1 aromatic rings. The molecule has 0 aliphatic carbocycles. The van der Waals surface area contributed by atoms with Crippen molar-refractivity contribution in [3.63, 3.8) is 0 Å². The van der Waals surface area contributed by atoms with Crippen LogP contribution in [0.4, 0.5) is 0 Å². The Morgan fingerprint density at radius 1 is 1.27 bits per heavy atom. The molecule has 0 aliphatic rings. The number of para-hydroxylation sites is 1. The molecule has 0 saturated carbocycles. The summed E-state index contributed by atoms with van der Waals surface area (Å²) in [6, 6.07) is 7.73. The zero-order valence-electron chi connectivity index (χ0n) is 9.43. The van der Waals surface area contributed by atoms with Gasteiger partial charge in [-0.15, -0.1) is 0 Å². The van der Waals surface area contributed by atoms with Crippen LogP contribution in [0.25, 0.3) is 0 Å². The van der Waals surface area contributed by atoms with E-state index in [0.717, 1.165) is 11.3 Å². The van der Waals surface area contributed by atoms with E-state index >= 15 is 0 Å². The van der Waals surface area contributed by atoms with Gasteiger partial charge in [0.2, 0.25) is 0 Å². The van der Waals surface area contributed by atoms with Crippen LogP contribution in [0.1, 0.15) is 25.5 Å². The Labute approximate surface area is 90.6 Å². The number of ether oxygens (including phenoxy) is 2. The van der Waals surface area contributed by atoms with Crippen LogP contribution in [0.15, 0.2) is 24.3 Å². The lowest BCUT2D eigenvalue weighted by atomic mass is 10.1. The first kappa shape index (κ1) is 12.0. The molecule has 2 atom stereocenters. The van der Waals surface area contributed by atoms with Gasteiger partial charge in [-0.05, 0) is 19.9 Å². The Hall–Kier alpha value is -1.06. The van der Waals surface area contributed by atoms with Gasteiger partial charge in [-0.3, -0.25) is 0 Å². The monoisotopic (exact) mass is 210 g/mol. The van der Waals surface area contributed by atoms with Gasteiger partial charge in [-0.2, -0.15) is 0 Å². The third kappa shape index (κ3) is 3.53. The maximum Gasteiger partial charge on any atom is 0.124 e. The highest BCUT2D eigenvalue weighted by atomic mass is 16.5. The average Bonchev–Trinajstić information content (AvgIpc) is 2.25. The first-order chi connectivity index (χ1) is 7.15. The van der Waals surface area contributed by atoms with Gasteiger partial charge in [0.25, 0.3) is 0 Å². The molecule has 2 unspecified atom stereocenters. The first-order valence-corrected chi connectivity index (χ1v) is 5.07. The fraction of sp³-hybridized carbons (Fsp3) is 0.500. The van der Waals surface area contributed by atoms with Crippen molar-refractivity contribution in [3.05, 3.63) is 29.8 Å². The number of rotatable bonds is 5. The normalized spacial score (nSPS) is 14.7. The maximum absolute atomic E-state index is 9.12. The number of hydrogen-bond acceptors (Lipinski definition) is 3. The van der Waals surface area contributed by atoms with Crippen molar-refractivity contribution in [3.8, 4) is 5.75 Å². The van der Waals surface area contributed by atoms with Crippen LogP contribution in [0.2, 0.25) is 0 Å². The molecule has 15 heavy (non-hydrogen) atoms. The van der Waals surface area contributed by atoms with Crippen LogP contribution >= 0.6 is 0 Å². The highest BCUT2D eigenvalue weighted by Gasteiger charge is 2.11. The molecule has 0 aromatic heterocycles. The molecule has 3 nitrogen and oxygen atoms in total. The highest BCUT2D eigenvalue weighted by Crippen LogP contribution is 2.26. The van der Waals surface area contributed by atoms with E-state index in [2.05, 4.69) is 0 Å². The lowest BCUT2D eigenvalue weighted by Gasteiger charge is -2.17. The van der Waals surface area contributed by atoms with Crippen LogP contribution < -0.4 is 4.74 Å². The molecule has 1 N–H and O–H groups in total. The molecule has 0 fully saturated rings. The Bertz CT molecular complexity index is 297. The molecule has 0 bridgehead atoms. The number of aliphatic hydroxyl groups is 1. The van der Waals surface area contributed by atoms with Crippen molar-refractivity contribution in [2.75, 3.05) is 13.7 Å². The summed E-state index contributed by atoms with van der Waals surface area (Å²) in [5.41, 5.74) is 1.00. The number of hydrogen-bond donors (Lipinski definition) is 1. The van der Waals surface area contributed by atoms with Gasteiger partial charge in [0.05, 0.1) is 25.9 Å². The molecular weight excluding hydrogens is 192 g/mol. The summed E-state index contributed by atoms with van der Waals surface area (Å²) < 4.78 is 10.7. The van der Waals surface area contributed by atoms with Crippen molar-refractivity contribution in [1.29, 1.82) is 0 Å². The molecule has 0 aliphatic heterocycles. The van der Waals surface area contributed by atoms with Crippen molar-refractivity contribution >= 4 is 0 Å². The maximum atomic E-state index is 9.12. The molecule has 1 rings (SSSR count). The second-order valence-electron chi connectivity index (χ2n) is 3.57. The van der Waals surface area contributed by atoms with E-state index in [9.17, 15) is 0 Å². The average molecular weight is 210 g/mol. The Morgan fingerprint density at radius 2 is 1.93 bits per heavy atom. The lowest BCUT2D eigenvalue weighted by Crippen LogP contribution is -2.13. The van der Waals surface area contributed by atoms with Crippen molar-refractivity contribution in [1.82, 2.24) is 0 Å². The van der Waals surface area contributed by atoms with Crippen molar-refractivity contribution < 1.29 is 14.6 Å². The summed E-state index contributed by atoms with van der Waals surface area (Å²) in [7, 11) is 1.64. The second-order valence-corrected chi connectivity index (χ2v) is 3.57. The fourth-order valence-electron chi connectivity index (χ4n) is 1.38. The van der Waals surface area contributed by atoms with E-state index in [-0.39, 0.29) is 6.10 Å². The van der Waals surface area contributed by atoms with E-state index in [4.69, 9.17) is 14.6 Å². The van der Waals surface area contributed by atoms with Gasteiger partial charge in [-0.25, -0.2) is 0 Å². The van der Waals surface area contributed by atoms with Gasteiger partial charge in [0, 0.05) is 5.56 Å². The van der Waals surface area contributed by atoms with Crippen LogP contribution in [0, 0.1) is 0 Å². The van der Waals surface area contributed by atoms with Gasteiger partial charge >= 0.3 is 0 Å². The smallest absolute Gasteiger partial charge is 0.124 e. The van der Waals surface area contributed by atoms with Crippen LogP contribution in [-0.2, 0) is 4.74 Å². The van der Waals surface area contributed by atoms with Crippen LogP contribution in [0.5, 0.6) is 5.75 Å². The molecule has 1 aromatic carbocycles. The quantitative estimate of drug-likeness (QED) is 0.809. The molecule has 0 amide bonds. The second kappa shape index (κ2) is 5.73. The van der Waals surface area contributed by atoms with E-state index in [0.29, 0.717) is 6.61 Å². The summed E-state index contributed by atoms with van der Waals surface area (Å²) in [6.07, 6.45) is -0.516. The van der Waals surface area contributed by atoms with Gasteiger partial charge in [0.1, 0.15) is 5.75 Å². The topological polar surface area (TPSA) is 38.7 Å². The molecule has 0 spiro atoms. The number of methoxy groups -OCH3 is 1. The summed E-state index contributed by atoms with van der Waals surface area (Å²) in [5.74, 6) is 0.815. The van der Waals surface area contributed by atoms with Gasteiger partial charge in [-0.1, -0.05) is 18.2 Å². The summed E-state index contributed by atoms with van der Waals surface area (Å²) in [6.45, 7) is 3.98. The fourth-order valence-corrected chi connectivity index (χ4v) is 1.38. The minimum atomic E-state index is -0.442. The van der Waals surface area contributed by atoms with Crippen molar-refractivity contribution in [2.45, 2.75) is 26.1 Å². The summed E-state index contributed by atoms with van der Waals surface area (Å²) in [5, 5.41) is 9.12. The molecule has 0 radical (unpaired) electrons. The summed E-state index contributed by atoms with van der Waals surface area (Å²) >= 11 is 0. The van der Waals surface area contributed by atoms with E-state index in [1.54, 1.807) is 14.0 Å². The van der Waals surface area contributed by atoms with Gasteiger partial charge in [0.15, 0.2) is 0 Å². The zero-order valence-corrected chi connectivity index (χ0v) is 9.43. The van der Waals surface area contributed by atoms with Crippen LogP contribution in [-0.4, -0.2) is 24.9 Å². The predicted molar refractivity (Wildman–Crippen MR) is 59.0 cm³/mol. The first-order valence-electron chi connectivity index (χ1n) is 5.07. The van der Waals surface area contributed by atoms with Crippen LogP contribution in [0.3, 0.4) is 0 Å². The lowest BCUT2D eigenvalue weighted by molar-refractivity contribution is 0.00361. The number of aliphatic hydroxyl groups excluding tert-OH is 1. The molecule has 0 saturated heterocycles. The predicted octanol–water partition coefficient (Wildman–Crippen LogP) is 2.15. The molecule has 3 heteroatoms. The third-order valence-electron chi connectivity index (χ3n) is 2.16. The van der Waals surface area contributed by atoms with E-state index in [1.807, 2.05) is 31.2 Å². The third-order valence-corrected chi connectivity index (χ3v) is 2.16.